The van der Waals surface area contributed by atoms with Gasteiger partial charge in [0.1, 0.15) is 0 Å². The van der Waals surface area contributed by atoms with Crippen LogP contribution in [0.15, 0.2) is 279 Å². The number of fused-ring (bicyclic) bond motifs is 10. The fourth-order valence-electron chi connectivity index (χ4n) is 17.9. The summed E-state index contributed by atoms with van der Waals surface area (Å²) >= 11 is 0. The number of nitrogens with zero attached hydrogens (tertiary/aromatic N) is 4. The second-order valence-electron chi connectivity index (χ2n) is 36.8. The molecule has 536 valence electrons. The van der Waals surface area contributed by atoms with Crippen LogP contribution < -0.4 is 26.2 Å². The van der Waals surface area contributed by atoms with Gasteiger partial charge in [0.05, 0.1) is 33.4 Å². The molecule has 108 heavy (non-hydrogen) atoms. The van der Waals surface area contributed by atoms with Gasteiger partial charge in [0.15, 0.2) is 0 Å². The van der Waals surface area contributed by atoms with Crippen molar-refractivity contribution < 1.29 is 2.74 Å². The van der Waals surface area contributed by atoms with Crippen molar-refractivity contribution in [3.05, 3.63) is 307 Å². The molecular weight excluding hydrogens is 1300 g/mol. The molecule has 2 aliphatic rings. The number of rotatable bonds is 13. The Hall–Kier alpha value is -10.9. The van der Waals surface area contributed by atoms with Crippen LogP contribution in [0.1, 0.15) is 134 Å². The number of hydrogen-bond acceptors (Lipinski definition) is 2. The summed E-state index contributed by atoms with van der Waals surface area (Å²) < 4.78 is 26.8. The van der Waals surface area contributed by atoms with E-state index >= 15 is 0 Å². The normalized spacial score (nSPS) is 13.7. The van der Waals surface area contributed by atoms with E-state index in [1.807, 2.05) is 0 Å². The monoisotopic (exact) mass is 1410 g/mol. The summed E-state index contributed by atoms with van der Waals surface area (Å²) in [6, 6.07) is 105. The lowest BCUT2D eigenvalue weighted by atomic mass is 9.33. The van der Waals surface area contributed by atoms with Crippen LogP contribution in [-0.4, -0.2) is 15.8 Å². The average molecular weight is 1410 g/mol. The predicted molar refractivity (Wildman–Crippen MR) is 467 cm³/mol. The maximum absolute atomic E-state index is 10.9. The van der Waals surface area contributed by atoms with Gasteiger partial charge in [0, 0.05) is 80.7 Å². The van der Waals surface area contributed by atoms with Crippen LogP contribution in [0, 0.1) is 27.1 Å². The zero-order valence-corrected chi connectivity index (χ0v) is 65.8. The average Bonchev–Trinajstić information content (AvgIpc) is 0.750. The van der Waals surface area contributed by atoms with Gasteiger partial charge in [-0.15, -0.1) is 0 Å². The maximum atomic E-state index is 10.9. The van der Waals surface area contributed by atoms with Crippen molar-refractivity contribution in [2.75, 3.05) is 9.80 Å². The van der Waals surface area contributed by atoms with Crippen molar-refractivity contribution in [2.45, 2.75) is 136 Å². The standard InChI is InChI=1S/C103H101BN4/c1-99(2,3)62-67-42-50-88-82(54-67)83-55-68(63-100(4,5)6)43-51-89(83)105(88)76-46-48-86-92(60-76)107(97-78(72-30-20-16-21-31-72)38-28-39-79(97)73-32-22-17-23-33-73)94-58-71(66-103(13,14)15)59-95-96(94)104(86)87-49-47-77(61-93(87)108(95)98-80(74-34-24-18-25-35-74)40-29-41-81(98)75-36-26-19-27-37-75)106-90-52-44-69(64-101(7,8)9)56-84(90)85-57-70(45-53-91(85)106)65-102(10,11)12/h16-61H,62-66H2,1-15H3/i66D2. The van der Waals surface area contributed by atoms with E-state index in [2.05, 4.69) is 402 Å². The molecule has 0 bridgehead atoms. The van der Waals surface area contributed by atoms with Crippen molar-refractivity contribution >= 4 is 101 Å². The first-order valence-electron chi connectivity index (χ1n) is 40.1. The highest BCUT2D eigenvalue weighted by molar-refractivity contribution is 7.00. The predicted octanol–water partition coefficient (Wildman–Crippen LogP) is 26.6. The molecule has 2 aliphatic heterocycles. The molecule has 13 aromatic carbocycles. The van der Waals surface area contributed by atoms with Crippen LogP contribution in [-0.2, 0) is 32.1 Å². The van der Waals surface area contributed by atoms with Gasteiger partial charge < -0.3 is 18.9 Å². The van der Waals surface area contributed by atoms with Crippen LogP contribution >= 0.6 is 0 Å². The Kier molecular flexibility index (Phi) is 16.6. The summed E-state index contributed by atoms with van der Waals surface area (Å²) in [7, 11) is 0. The molecule has 0 amide bonds. The minimum atomic E-state index is -1.88. The van der Waals surface area contributed by atoms with Crippen LogP contribution in [0.25, 0.3) is 99.5 Å². The second-order valence-corrected chi connectivity index (χ2v) is 36.8. The molecule has 0 radical (unpaired) electrons. The molecule has 0 saturated carbocycles. The third-order valence-electron chi connectivity index (χ3n) is 21.7. The first kappa shape index (κ1) is 67.7. The quantitative estimate of drug-likeness (QED) is 0.107. The number of hydrogen-bond donors (Lipinski definition) is 0. The molecule has 5 heteroatoms. The highest BCUT2D eigenvalue weighted by Gasteiger charge is 2.46. The van der Waals surface area contributed by atoms with E-state index in [0.29, 0.717) is 5.56 Å². The molecule has 17 rings (SSSR count). The van der Waals surface area contributed by atoms with Crippen LogP contribution in [0.2, 0.25) is 0 Å². The lowest BCUT2D eigenvalue weighted by Crippen LogP contribution is -2.61. The van der Waals surface area contributed by atoms with Crippen LogP contribution in [0.5, 0.6) is 0 Å². The minimum Gasteiger partial charge on any atom is -0.310 e. The van der Waals surface area contributed by atoms with Crippen molar-refractivity contribution in [3.8, 4) is 55.9 Å². The molecule has 0 unspecified atom stereocenters. The Morgan fingerprint density at radius 3 is 0.824 bits per heavy atom. The maximum Gasteiger partial charge on any atom is 0.252 e. The summed E-state index contributed by atoms with van der Waals surface area (Å²) in [5.41, 5.74) is 30.1. The van der Waals surface area contributed by atoms with Gasteiger partial charge in [-0.25, -0.2) is 0 Å². The Labute approximate surface area is 644 Å². The zero-order valence-electron chi connectivity index (χ0n) is 67.8. The van der Waals surface area contributed by atoms with Crippen LogP contribution in [0.3, 0.4) is 0 Å². The van der Waals surface area contributed by atoms with Gasteiger partial charge in [0.2, 0.25) is 0 Å². The summed E-state index contributed by atoms with van der Waals surface area (Å²) in [6.07, 6.45) is 1.94. The lowest BCUT2D eigenvalue weighted by Gasteiger charge is -2.46. The Bertz CT molecular complexity index is 5470. The molecule has 0 spiro atoms. The van der Waals surface area contributed by atoms with E-state index in [1.165, 1.54) is 43.8 Å². The molecule has 2 aromatic heterocycles. The largest absolute Gasteiger partial charge is 0.310 e. The molecule has 0 saturated heterocycles. The van der Waals surface area contributed by atoms with E-state index in [0.717, 1.165) is 154 Å². The van der Waals surface area contributed by atoms with E-state index in [-0.39, 0.29) is 28.4 Å². The first-order valence-corrected chi connectivity index (χ1v) is 39.1. The molecular formula is C103H101BN4. The molecule has 0 aliphatic carbocycles. The van der Waals surface area contributed by atoms with E-state index < -0.39 is 11.8 Å². The highest BCUT2D eigenvalue weighted by Crippen LogP contribution is 2.54. The summed E-state index contributed by atoms with van der Waals surface area (Å²) in [6.45, 7) is 33.9. The number of anilines is 6. The first-order chi connectivity index (χ1) is 52.4. The van der Waals surface area contributed by atoms with Crippen LogP contribution in [0.4, 0.5) is 34.1 Å². The van der Waals surface area contributed by atoms with Gasteiger partial charge in [-0.05, 0) is 211 Å². The molecule has 15 aromatic rings. The van der Waals surface area contributed by atoms with Gasteiger partial charge in [-0.1, -0.05) is 298 Å². The Morgan fingerprint density at radius 2 is 0.556 bits per heavy atom. The van der Waals surface area contributed by atoms with E-state index in [4.69, 9.17) is 0 Å². The molecule has 4 heterocycles. The lowest BCUT2D eigenvalue weighted by molar-refractivity contribution is 0.411. The second kappa shape index (κ2) is 26.5. The third kappa shape index (κ3) is 13.3. The van der Waals surface area contributed by atoms with E-state index in [1.54, 1.807) is 0 Å². The minimum absolute atomic E-state index is 0.0893. The molecule has 0 atom stereocenters. The van der Waals surface area contributed by atoms with Crippen molar-refractivity contribution in [2.24, 2.45) is 27.1 Å². The highest BCUT2D eigenvalue weighted by atomic mass is 15.2. The fourth-order valence-corrected chi connectivity index (χ4v) is 17.9. The van der Waals surface area contributed by atoms with Gasteiger partial charge >= 0.3 is 0 Å². The van der Waals surface area contributed by atoms with Crippen molar-refractivity contribution in [1.82, 2.24) is 9.13 Å². The summed E-state index contributed by atoms with van der Waals surface area (Å²) in [5, 5.41) is 4.99. The van der Waals surface area contributed by atoms with Crippen molar-refractivity contribution in [3.63, 3.8) is 0 Å². The summed E-state index contributed by atoms with van der Waals surface area (Å²) in [5.74, 6) is 0. The van der Waals surface area contributed by atoms with Gasteiger partial charge in [-0.3, -0.25) is 0 Å². The SMILES string of the molecule is [2H]C([2H])(c1cc2c3c(c1)N(c1c(-c4ccccc4)cccc1-c1ccccc1)c1cc(-n4c5ccc(CC(C)(C)C)cc5c5cc(CC(C)(C)C)ccc54)ccc1B3c1ccc(-n3c4ccc(CC(C)(C)C)cc4c4cc(CC(C)(C)C)ccc43)cc1N2c1c(-c2ccccc2)cccc1-c1ccccc1)C(C)(C)C. The molecule has 4 nitrogen and oxygen atoms in total. The van der Waals surface area contributed by atoms with Crippen molar-refractivity contribution in [1.29, 1.82) is 0 Å². The fraction of sp³-hybridized carbons (Fsp3) is 0.243. The number of para-hydroxylation sites is 2. The Morgan fingerprint density at radius 1 is 0.269 bits per heavy atom. The topological polar surface area (TPSA) is 16.3 Å². The van der Waals surface area contributed by atoms with Gasteiger partial charge in [-0.2, -0.15) is 0 Å². The Balaban J connectivity index is 1.04. The molecule has 0 fully saturated rings. The van der Waals surface area contributed by atoms with Gasteiger partial charge in [0.25, 0.3) is 6.71 Å². The number of aromatic nitrogens is 2. The smallest absolute Gasteiger partial charge is 0.252 e. The number of benzene rings is 13. The third-order valence-corrected chi connectivity index (χ3v) is 21.7. The zero-order chi connectivity index (χ0) is 76.7. The molecule has 0 N–H and O–H groups in total. The summed E-state index contributed by atoms with van der Waals surface area (Å²) in [4.78, 5) is 5.16. The van der Waals surface area contributed by atoms with E-state index in [9.17, 15) is 2.74 Å².